The van der Waals surface area contributed by atoms with Crippen molar-refractivity contribution < 1.29 is 4.39 Å². The van der Waals surface area contributed by atoms with E-state index in [9.17, 15) is 4.39 Å². The molecule has 0 radical (unpaired) electrons. The number of rotatable bonds is 6. The Labute approximate surface area is 112 Å². The number of nitrogens with one attached hydrogen (secondary N) is 1. The van der Waals surface area contributed by atoms with E-state index < -0.39 is 0 Å². The molecular weight excluding hydrogens is 241 g/mol. The molecule has 0 aliphatic carbocycles. The number of benzene rings is 1. The number of hydrogen-bond donors (Lipinski definition) is 1. The fourth-order valence-corrected chi connectivity index (χ4v) is 1.83. The van der Waals surface area contributed by atoms with Crippen LogP contribution in [0.2, 0.25) is 0 Å². The predicted molar refractivity (Wildman–Crippen MR) is 73.2 cm³/mol. The third-order valence-corrected chi connectivity index (χ3v) is 2.80. The zero-order valence-corrected chi connectivity index (χ0v) is 11.1. The Hall–Kier alpha value is -1.81. The van der Waals surface area contributed by atoms with Gasteiger partial charge in [-0.05, 0) is 30.7 Å². The summed E-state index contributed by atoms with van der Waals surface area (Å²) in [6.45, 7) is 3.81. The number of hydrogen-bond acceptors (Lipinski definition) is 3. The average Bonchev–Trinajstić information content (AvgIpc) is 2.42. The van der Waals surface area contributed by atoms with E-state index in [1.165, 1.54) is 6.07 Å². The largest absolute Gasteiger partial charge is 0.311 e. The van der Waals surface area contributed by atoms with E-state index >= 15 is 0 Å². The van der Waals surface area contributed by atoms with Crippen LogP contribution in [-0.2, 0) is 13.0 Å². The summed E-state index contributed by atoms with van der Waals surface area (Å²) in [7, 11) is 0. The SMILES string of the molecule is CCCNCc1ccnc(Cc2ccccc2F)n1. The molecule has 0 spiro atoms. The fourth-order valence-electron chi connectivity index (χ4n) is 1.83. The zero-order valence-electron chi connectivity index (χ0n) is 11.1. The quantitative estimate of drug-likeness (QED) is 0.811. The van der Waals surface area contributed by atoms with Gasteiger partial charge in [0.2, 0.25) is 0 Å². The smallest absolute Gasteiger partial charge is 0.133 e. The molecule has 1 aromatic carbocycles. The Morgan fingerprint density at radius 3 is 2.84 bits per heavy atom. The number of aromatic nitrogens is 2. The van der Waals surface area contributed by atoms with Crippen LogP contribution >= 0.6 is 0 Å². The maximum atomic E-state index is 13.6. The summed E-state index contributed by atoms with van der Waals surface area (Å²) in [5, 5.41) is 3.29. The molecule has 1 aromatic heterocycles. The molecule has 2 rings (SSSR count). The molecule has 19 heavy (non-hydrogen) atoms. The van der Waals surface area contributed by atoms with Crippen LogP contribution < -0.4 is 5.32 Å². The Morgan fingerprint density at radius 2 is 2.05 bits per heavy atom. The lowest BCUT2D eigenvalue weighted by atomic mass is 10.1. The summed E-state index contributed by atoms with van der Waals surface area (Å²) in [5.74, 6) is 0.446. The van der Waals surface area contributed by atoms with Crippen LogP contribution in [0.25, 0.3) is 0 Å². The molecule has 0 amide bonds. The van der Waals surface area contributed by atoms with Gasteiger partial charge >= 0.3 is 0 Å². The van der Waals surface area contributed by atoms with E-state index in [0.29, 0.717) is 17.8 Å². The highest BCUT2D eigenvalue weighted by atomic mass is 19.1. The van der Waals surface area contributed by atoms with E-state index in [-0.39, 0.29) is 5.82 Å². The van der Waals surface area contributed by atoms with Gasteiger partial charge in [-0.2, -0.15) is 0 Å². The van der Waals surface area contributed by atoms with Gasteiger partial charge in [0, 0.05) is 19.2 Å². The van der Waals surface area contributed by atoms with Crippen LogP contribution in [-0.4, -0.2) is 16.5 Å². The molecule has 1 heterocycles. The lowest BCUT2D eigenvalue weighted by Crippen LogP contribution is -2.15. The van der Waals surface area contributed by atoms with Gasteiger partial charge in [0.05, 0.1) is 5.69 Å². The molecule has 0 aliphatic heterocycles. The van der Waals surface area contributed by atoms with E-state index in [4.69, 9.17) is 0 Å². The van der Waals surface area contributed by atoms with Crippen molar-refractivity contribution in [3.8, 4) is 0 Å². The second-order valence-corrected chi connectivity index (χ2v) is 4.41. The third-order valence-electron chi connectivity index (χ3n) is 2.80. The van der Waals surface area contributed by atoms with Gasteiger partial charge in [0.1, 0.15) is 11.6 Å². The van der Waals surface area contributed by atoms with Crippen LogP contribution in [0, 0.1) is 5.82 Å². The van der Waals surface area contributed by atoms with Crippen molar-refractivity contribution in [3.05, 3.63) is 59.4 Å². The monoisotopic (exact) mass is 259 g/mol. The standard InChI is InChI=1S/C15H18FN3/c1-2-8-17-11-13-7-9-18-15(19-13)10-12-5-3-4-6-14(12)16/h3-7,9,17H,2,8,10-11H2,1H3. The average molecular weight is 259 g/mol. The van der Waals surface area contributed by atoms with Crippen molar-refractivity contribution in [3.63, 3.8) is 0 Å². The van der Waals surface area contributed by atoms with Gasteiger partial charge in [-0.15, -0.1) is 0 Å². The highest BCUT2D eigenvalue weighted by Gasteiger charge is 2.05. The molecule has 100 valence electrons. The van der Waals surface area contributed by atoms with Gasteiger partial charge in [0.25, 0.3) is 0 Å². The van der Waals surface area contributed by atoms with E-state index in [0.717, 1.165) is 25.2 Å². The first-order valence-corrected chi connectivity index (χ1v) is 6.54. The fraction of sp³-hybridized carbons (Fsp3) is 0.333. The second kappa shape index (κ2) is 6.95. The van der Waals surface area contributed by atoms with Crippen molar-refractivity contribution in [1.29, 1.82) is 0 Å². The molecule has 3 nitrogen and oxygen atoms in total. The first kappa shape index (κ1) is 13.6. The van der Waals surface area contributed by atoms with Gasteiger partial charge in [-0.3, -0.25) is 0 Å². The van der Waals surface area contributed by atoms with Gasteiger partial charge in [-0.1, -0.05) is 25.1 Å². The lowest BCUT2D eigenvalue weighted by molar-refractivity contribution is 0.611. The molecule has 0 saturated heterocycles. The van der Waals surface area contributed by atoms with Crippen LogP contribution in [0.3, 0.4) is 0 Å². The van der Waals surface area contributed by atoms with Gasteiger partial charge < -0.3 is 5.32 Å². The van der Waals surface area contributed by atoms with Crippen molar-refractivity contribution in [1.82, 2.24) is 15.3 Å². The van der Waals surface area contributed by atoms with Crippen LogP contribution in [0.1, 0.15) is 30.4 Å². The van der Waals surface area contributed by atoms with Crippen molar-refractivity contribution >= 4 is 0 Å². The Morgan fingerprint density at radius 1 is 1.21 bits per heavy atom. The first-order chi connectivity index (χ1) is 9.29. The Bertz CT molecular complexity index is 528. The summed E-state index contributed by atoms with van der Waals surface area (Å²) in [5.41, 5.74) is 1.57. The molecule has 0 bridgehead atoms. The predicted octanol–water partition coefficient (Wildman–Crippen LogP) is 2.71. The number of halogens is 1. The van der Waals surface area contributed by atoms with E-state index in [1.807, 2.05) is 12.1 Å². The highest BCUT2D eigenvalue weighted by Crippen LogP contribution is 2.10. The Balaban J connectivity index is 2.05. The molecule has 0 unspecified atom stereocenters. The Kier molecular flexibility index (Phi) is 4.98. The van der Waals surface area contributed by atoms with Crippen molar-refractivity contribution in [2.75, 3.05) is 6.54 Å². The van der Waals surface area contributed by atoms with Crippen molar-refractivity contribution in [2.24, 2.45) is 0 Å². The molecule has 0 atom stereocenters. The first-order valence-electron chi connectivity index (χ1n) is 6.54. The normalized spacial score (nSPS) is 10.6. The molecule has 1 N–H and O–H groups in total. The minimum atomic E-state index is -0.208. The molecule has 2 aromatic rings. The van der Waals surface area contributed by atoms with Gasteiger partial charge in [0.15, 0.2) is 0 Å². The minimum Gasteiger partial charge on any atom is -0.311 e. The van der Waals surface area contributed by atoms with Crippen LogP contribution in [0.5, 0.6) is 0 Å². The van der Waals surface area contributed by atoms with Gasteiger partial charge in [-0.25, -0.2) is 14.4 Å². The third kappa shape index (κ3) is 4.10. The van der Waals surface area contributed by atoms with E-state index in [2.05, 4.69) is 22.2 Å². The maximum Gasteiger partial charge on any atom is 0.133 e. The van der Waals surface area contributed by atoms with E-state index in [1.54, 1.807) is 18.3 Å². The summed E-state index contributed by atoms with van der Waals surface area (Å²) >= 11 is 0. The highest BCUT2D eigenvalue weighted by molar-refractivity contribution is 5.21. The molecule has 4 heteroatoms. The number of nitrogens with zero attached hydrogens (tertiary/aromatic N) is 2. The summed E-state index contributed by atoms with van der Waals surface area (Å²) in [4.78, 5) is 8.64. The molecule has 0 saturated carbocycles. The maximum absolute atomic E-state index is 13.6. The summed E-state index contributed by atoms with van der Waals surface area (Å²) in [6.07, 6.45) is 3.24. The molecular formula is C15H18FN3. The molecule has 0 fully saturated rings. The van der Waals surface area contributed by atoms with Crippen LogP contribution in [0.15, 0.2) is 36.5 Å². The lowest BCUT2D eigenvalue weighted by Gasteiger charge is -2.05. The summed E-state index contributed by atoms with van der Waals surface area (Å²) in [6, 6.07) is 8.62. The minimum absolute atomic E-state index is 0.208. The molecule has 0 aliphatic rings. The second-order valence-electron chi connectivity index (χ2n) is 4.41. The zero-order chi connectivity index (χ0) is 13.5. The topological polar surface area (TPSA) is 37.8 Å². The summed E-state index contributed by atoms with van der Waals surface area (Å²) < 4.78 is 13.6. The van der Waals surface area contributed by atoms with Crippen LogP contribution in [0.4, 0.5) is 4.39 Å². The van der Waals surface area contributed by atoms with Crippen molar-refractivity contribution in [2.45, 2.75) is 26.3 Å².